The lowest BCUT2D eigenvalue weighted by atomic mass is 10.1. The fourth-order valence-electron chi connectivity index (χ4n) is 1.79. The Kier molecular flexibility index (Phi) is 5.28. The van der Waals surface area contributed by atoms with Crippen molar-refractivity contribution < 1.29 is 9.47 Å². The Morgan fingerprint density at radius 2 is 2.25 bits per heavy atom. The maximum absolute atomic E-state index is 5.33. The summed E-state index contributed by atoms with van der Waals surface area (Å²) in [5.74, 6) is 0.831. The molecule has 5 nitrogen and oxygen atoms in total. The smallest absolute Gasteiger partial charge is 0.161 e. The molecular formula is C11H21N3O2. The fraction of sp³-hybridized carbons (Fsp3) is 0.727. The Balaban J connectivity index is 2.91. The number of ether oxygens (including phenoxy) is 2. The fourth-order valence-corrected chi connectivity index (χ4v) is 1.79. The maximum atomic E-state index is 5.33. The molecule has 0 spiro atoms. The molecule has 0 amide bonds. The molecule has 0 radical (unpaired) electrons. The zero-order valence-electron chi connectivity index (χ0n) is 10.5. The van der Waals surface area contributed by atoms with Crippen LogP contribution < -0.4 is 10.1 Å². The van der Waals surface area contributed by atoms with Crippen LogP contribution in [0.25, 0.3) is 0 Å². The van der Waals surface area contributed by atoms with Crippen LogP contribution in [0.1, 0.15) is 25.1 Å². The van der Waals surface area contributed by atoms with E-state index in [0.29, 0.717) is 6.61 Å². The molecule has 0 bridgehead atoms. The second-order valence-electron chi connectivity index (χ2n) is 3.54. The molecule has 5 heteroatoms. The Morgan fingerprint density at radius 3 is 2.75 bits per heavy atom. The van der Waals surface area contributed by atoms with Crippen LogP contribution in [-0.4, -0.2) is 37.7 Å². The minimum absolute atomic E-state index is 0.206. The van der Waals surface area contributed by atoms with Crippen LogP contribution in [0, 0.1) is 0 Å². The van der Waals surface area contributed by atoms with Crippen LogP contribution in [0.5, 0.6) is 5.75 Å². The number of aryl methyl sites for hydroxylation is 1. The molecule has 0 fully saturated rings. The highest BCUT2D eigenvalue weighted by Gasteiger charge is 2.19. The molecule has 1 aromatic rings. The van der Waals surface area contributed by atoms with Crippen molar-refractivity contribution in [3.8, 4) is 5.75 Å². The molecule has 0 aliphatic carbocycles. The highest BCUT2D eigenvalue weighted by atomic mass is 16.5. The largest absolute Gasteiger partial charge is 0.493 e. The first-order chi connectivity index (χ1) is 7.78. The molecule has 1 N–H and O–H groups in total. The van der Waals surface area contributed by atoms with E-state index in [0.717, 1.165) is 24.4 Å². The predicted octanol–water partition coefficient (Wildman–Crippen LogP) is 1.21. The van der Waals surface area contributed by atoms with E-state index in [2.05, 4.69) is 17.3 Å². The molecule has 1 unspecified atom stereocenters. The summed E-state index contributed by atoms with van der Waals surface area (Å²) in [6.45, 7) is 3.62. The number of aromatic nitrogens is 2. The molecule has 0 aliphatic rings. The van der Waals surface area contributed by atoms with Crippen molar-refractivity contribution in [2.24, 2.45) is 0 Å². The van der Waals surface area contributed by atoms with E-state index >= 15 is 0 Å². The van der Waals surface area contributed by atoms with E-state index in [9.17, 15) is 0 Å². The van der Waals surface area contributed by atoms with Crippen LogP contribution in [0.15, 0.2) is 6.20 Å². The molecule has 1 aromatic heterocycles. The Morgan fingerprint density at radius 1 is 1.50 bits per heavy atom. The van der Waals surface area contributed by atoms with Crippen LogP contribution in [0.3, 0.4) is 0 Å². The second kappa shape index (κ2) is 6.50. The van der Waals surface area contributed by atoms with E-state index in [1.54, 1.807) is 20.4 Å². The summed E-state index contributed by atoms with van der Waals surface area (Å²) in [7, 11) is 5.32. The first-order valence-electron chi connectivity index (χ1n) is 5.54. The first-order valence-corrected chi connectivity index (χ1v) is 5.54. The van der Waals surface area contributed by atoms with Crippen molar-refractivity contribution in [2.45, 2.75) is 25.9 Å². The monoisotopic (exact) mass is 227 g/mol. The van der Waals surface area contributed by atoms with Crippen LogP contribution >= 0.6 is 0 Å². The third kappa shape index (κ3) is 2.74. The van der Waals surface area contributed by atoms with Crippen molar-refractivity contribution in [3.63, 3.8) is 0 Å². The topological polar surface area (TPSA) is 48.3 Å². The maximum Gasteiger partial charge on any atom is 0.161 e. The molecule has 0 saturated carbocycles. The van der Waals surface area contributed by atoms with E-state index in [1.807, 2.05) is 11.7 Å². The molecule has 92 valence electrons. The van der Waals surface area contributed by atoms with Crippen LogP contribution in [0.2, 0.25) is 0 Å². The third-order valence-electron chi connectivity index (χ3n) is 2.65. The lowest BCUT2D eigenvalue weighted by molar-refractivity contribution is 0.182. The van der Waals surface area contributed by atoms with Gasteiger partial charge in [0.05, 0.1) is 25.0 Å². The van der Waals surface area contributed by atoms with Gasteiger partial charge < -0.3 is 14.8 Å². The summed E-state index contributed by atoms with van der Waals surface area (Å²) in [5, 5.41) is 7.56. The van der Waals surface area contributed by atoms with E-state index in [-0.39, 0.29) is 6.04 Å². The molecule has 0 aliphatic heterocycles. The van der Waals surface area contributed by atoms with Crippen molar-refractivity contribution in [2.75, 3.05) is 27.9 Å². The molecule has 1 heterocycles. The standard InChI is InChI=1S/C11H21N3O2/c1-5-14-11(10(16-4)8-13-14)9(12-2)6-7-15-3/h8-9,12H,5-7H2,1-4H3. The van der Waals surface area contributed by atoms with Crippen LogP contribution in [0.4, 0.5) is 0 Å². The lowest BCUT2D eigenvalue weighted by Crippen LogP contribution is -2.22. The summed E-state index contributed by atoms with van der Waals surface area (Å²) >= 11 is 0. The van der Waals surface area contributed by atoms with Crippen molar-refractivity contribution in [1.29, 1.82) is 0 Å². The molecular weight excluding hydrogens is 206 g/mol. The zero-order valence-corrected chi connectivity index (χ0v) is 10.5. The molecule has 0 saturated heterocycles. The van der Waals surface area contributed by atoms with Gasteiger partial charge in [0, 0.05) is 20.3 Å². The summed E-state index contributed by atoms with van der Waals surface area (Å²) < 4.78 is 12.4. The van der Waals surface area contributed by atoms with Crippen LogP contribution in [-0.2, 0) is 11.3 Å². The van der Waals surface area contributed by atoms with E-state index in [1.165, 1.54) is 0 Å². The van der Waals surface area contributed by atoms with Gasteiger partial charge in [0.1, 0.15) is 0 Å². The highest BCUT2D eigenvalue weighted by Crippen LogP contribution is 2.26. The minimum atomic E-state index is 0.206. The summed E-state index contributed by atoms with van der Waals surface area (Å²) in [6, 6.07) is 0.206. The SMILES string of the molecule is CCn1ncc(OC)c1C(CCOC)NC. The summed E-state index contributed by atoms with van der Waals surface area (Å²) in [6.07, 6.45) is 2.66. The first kappa shape index (κ1) is 13.0. The number of methoxy groups -OCH3 is 2. The summed E-state index contributed by atoms with van der Waals surface area (Å²) in [4.78, 5) is 0. The van der Waals surface area contributed by atoms with Gasteiger partial charge in [-0.3, -0.25) is 4.68 Å². The van der Waals surface area contributed by atoms with Gasteiger partial charge in [-0.25, -0.2) is 0 Å². The number of rotatable bonds is 7. The average Bonchev–Trinajstić information content (AvgIpc) is 2.73. The molecule has 16 heavy (non-hydrogen) atoms. The van der Waals surface area contributed by atoms with Gasteiger partial charge in [-0.05, 0) is 20.4 Å². The van der Waals surface area contributed by atoms with Crippen molar-refractivity contribution >= 4 is 0 Å². The third-order valence-corrected chi connectivity index (χ3v) is 2.65. The molecule has 1 atom stereocenters. The number of nitrogens with zero attached hydrogens (tertiary/aromatic N) is 2. The lowest BCUT2D eigenvalue weighted by Gasteiger charge is -2.18. The molecule has 0 aromatic carbocycles. The van der Waals surface area contributed by atoms with Gasteiger partial charge >= 0.3 is 0 Å². The van der Waals surface area contributed by atoms with Gasteiger partial charge in [0.25, 0.3) is 0 Å². The number of nitrogens with one attached hydrogen (secondary N) is 1. The van der Waals surface area contributed by atoms with Gasteiger partial charge in [0.15, 0.2) is 5.75 Å². The highest BCUT2D eigenvalue weighted by molar-refractivity contribution is 5.28. The minimum Gasteiger partial charge on any atom is -0.493 e. The van der Waals surface area contributed by atoms with Gasteiger partial charge in [-0.2, -0.15) is 5.10 Å². The van der Waals surface area contributed by atoms with Gasteiger partial charge in [-0.1, -0.05) is 0 Å². The van der Waals surface area contributed by atoms with Crippen molar-refractivity contribution in [1.82, 2.24) is 15.1 Å². The Labute approximate surface area is 96.7 Å². The predicted molar refractivity (Wildman–Crippen MR) is 62.7 cm³/mol. The zero-order chi connectivity index (χ0) is 12.0. The number of hydrogen-bond acceptors (Lipinski definition) is 4. The quantitative estimate of drug-likeness (QED) is 0.760. The average molecular weight is 227 g/mol. The number of hydrogen-bond donors (Lipinski definition) is 1. The van der Waals surface area contributed by atoms with E-state index in [4.69, 9.17) is 9.47 Å². The Bertz CT molecular complexity index is 291. The van der Waals surface area contributed by atoms with Gasteiger partial charge in [0.2, 0.25) is 0 Å². The summed E-state index contributed by atoms with van der Waals surface area (Å²) in [5.41, 5.74) is 1.09. The normalized spacial score (nSPS) is 12.8. The Hall–Kier alpha value is -1.07. The van der Waals surface area contributed by atoms with Crippen molar-refractivity contribution in [3.05, 3.63) is 11.9 Å². The second-order valence-corrected chi connectivity index (χ2v) is 3.54. The molecule has 1 rings (SSSR count). The van der Waals surface area contributed by atoms with Gasteiger partial charge in [-0.15, -0.1) is 0 Å². The van der Waals surface area contributed by atoms with E-state index < -0.39 is 0 Å².